The van der Waals surface area contributed by atoms with E-state index in [1.807, 2.05) is 18.2 Å². The van der Waals surface area contributed by atoms with E-state index in [-0.39, 0.29) is 0 Å². The molecule has 0 atom stereocenters. The SMILES string of the molecule is NOCc1ccc(OCC2CC2)c(Br)c1. The molecule has 0 spiro atoms. The molecule has 1 aromatic rings. The molecular formula is C11H14BrNO2. The lowest BCUT2D eigenvalue weighted by molar-refractivity contribution is 0.124. The highest BCUT2D eigenvalue weighted by Crippen LogP contribution is 2.32. The number of ether oxygens (including phenoxy) is 1. The van der Waals surface area contributed by atoms with E-state index in [1.54, 1.807) is 0 Å². The second kappa shape index (κ2) is 4.96. The third-order valence-electron chi connectivity index (χ3n) is 2.42. The molecule has 0 saturated heterocycles. The van der Waals surface area contributed by atoms with Crippen LogP contribution in [0.15, 0.2) is 22.7 Å². The first kappa shape index (κ1) is 10.9. The van der Waals surface area contributed by atoms with Crippen LogP contribution in [0, 0.1) is 5.92 Å². The van der Waals surface area contributed by atoms with Crippen LogP contribution >= 0.6 is 15.9 Å². The molecule has 82 valence electrons. The molecule has 0 unspecified atom stereocenters. The smallest absolute Gasteiger partial charge is 0.133 e. The molecular weight excluding hydrogens is 258 g/mol. The molecule has 2 rings (SSSR count). The second-order valence-corrected chi connectivity index (χ2v) is 4.68. The molecule has 2 N–H and O–H groups in total. The fourth-order valence-corrected chi connectivity index (χ4v) is 1.88. The number of halogens is 1. The molecule has 0 amide bonds. The fourth-order valence-electron chi connectivity index (χ4n) is 1.34. The van der Waals surface area contributed by atoms with Crippen LogP contribution in [0.2, 0.25) is 0 Å². The van der Waals surface area contributed by atoms with Crippen molar-refractivity contribution >= 4 is 15.9 Å². The Morgan fingerprint density at radius 2 is 2.20 bits per heavy atom. The summed E-state index contributed by atoms with van der Waals surface area (Å²) < 4.78 is 6.63. The number of nitrogens with two attached hydrogens (primary N) is 1. The summed E-state index contributed by atoms with van der Waals surface area (Å²) >= 11 is 3.47. The monoisotopic (exact) mass is 271 g/mol. The molecule has 0 aliphatic heterocycles. The molecule has 1 aromatic carbocycles. The van der Waals surface area contributed by atoms with Gasteiger partial charge in [0.2, 0.25) is 0 Å². The summed E-state index contributed by atoms with van der Waals surface area (Å²) in [5.74, 6) is 6.67. The van der Waals surface area contributed by atoms with Crippen molar-refractivity contribution in [2.24, 2.45) is 11.8 Å². The van der Waals surface area contributed by atoms with Crippen LogP contribution in [0.4, 0.5) is 0 Å². The molecule has 0 radical (unpaired) electrons. The Bertz CT molecular complexity index is 339. The Kier molecular flexibility index (Phi) is 3.61. The van der Waals surface area contributed by atoms with Gasteiger partial charge in [0.25, 0.3) is 0 Å². The maximum atomic E-state index is 5.67. The molecule has 0 bridgehead atoms. The van der Waals surface area contributed by atoms with Crippen LogP contribution in [0.1, 0.15) is 18.4 Å². The highest BCUT2D eigenvalue weighted by atomic mass is 79.9. The van der Waals surface area contributed by atoms with E-state index in [0.717, 1.165) is 28.3 Å². The van der Waals surface area contributed by atoms with E-state index in [4.69, 9.17) is 10.6 Å². The molecule has 0 heterocycles. The molecule has 1 aliphatic carbocycles. The summed E-state index contributed by atoms with van der Waals surface area (Å²) in [7, 11) is 0. The van der Waals surface area contributed by atoms with E-state index in [1.165, 1.54) is 12.8 Å². The van der Waals surface area contributed by atoms with Crippen molar-refractivity contribution in [3.05, 3.63) is 28.2 Å². The van der Waals surface area contributed by atoms with Crippen molar-refractivity contribution < 1.29 is 9.57 Å². The minimum Gasteiger partial charge on any atom is -0.492 e. The lowest BCUT2D eigenvalue weighted by atomic mass is 10.2. The van der Waals surface area contributed by atoms with E-state index >= 15 is 0 Å². The highest BCUT2D eigenvalue weighted by molar-refractivity contribution is 9.10. The molecule has 3 nitrogen and oxygen atoms in total. The van der Waals surface area contributed by atoms with Crippen molar-refractivity contribution in [1.82, 2.24) is 0 Å². The maximum Gasteiger partial charge on any atom is 0.133 e. The van der Waals surface area contributed by atoms with Gasteiger partial charge in [-0.15, -0.1) is 0 Å². The topological polar surface area (TPSA) is 44.5 Å². The van der Waals surface area contributed by atoms with Crippen LogP contribution in [-0.2, 0) is 11.4 Å². The lowest BCUT2D eigenvalue weighted by Gasteiger charge is -2.08. The predicted molar refractivity (Wildman–Crippen MR) is 61.3 cm³/mol. The fraction of sp³-hybridized carbons (Fsp3) is 0.455. The normalized spacial score (nSPS) is 15.3. The van der Waals surface area contributed by atoms with Gasteiger partial charge in [-0.25, -0.2) is 5.90 Å². The van der Waals surface area contributed by atoms with E-state index in [2.05, 4.69) is 20.8 Å². The Morgan fingerprint density at radius 3 is 2.80 bits per heavy atom. The summed E-state index contributed by atoms with van der Waals surface area (Å²) in [6.07, 6.45) is 2.60. The zero-order valence-electron chi connectivity index (χ0n) is 8.41. The van der Waals surface area contributed by atoms with Crippen LogP contribution in [0.3, 0.4) is 0 Å². The molecule has 1 aliphatic rings. The van der Waals surface area contributed by atoms with E-state index in [9.17, 15) is 0 Å². The van der Waals surface area contributed by atoms with E-state index < -0.39 is 0 Å². The minimum atomic E-state index is 0.418. The van der Waals surface area contributed by atoms with Crippen LogP contribution in [-0.4, -0.2) is 6.61 Å². The maximum absolute atomic E-state index is 5.67. The molecule has 1 saturated carbocycles. The van der Waals surface area contributed by atoms with Crippen molar-refractivity contribution in [3.63, 3.8) is 0 Å². The zero-order chi connectivity index (χ0) is 10.7. The summed E-state index contributed by atoms with van der Waals surface area (Å²) in [6.45, 7) is 1.24. The lowest BCUT2D eigenvalue weighted by Crippen LogP contribution is -2.01. The van der Waals surface area contributed by atoms with Crippen LogP contribution in [0.25, 0.3) is 0 Å². The number of hydrogen-bond donors (Lipinski definition) is 1. The first-order chi connectivity index (χ1) is 7.29. The zero-order valence-corrected chi connectivity index (χ0v) is 10.00. The summed E-state index contributed by atoms with van der Waals surface area (Å²) in [5.41, 5.74) is 1.03. The predicted octanol–water partition coefficient (Wildman–Crippen LogP) is 2.63. The second-order valence-electron chi connectivity index (χ2n) is 3.83. The van der Waals surface area contributed by atoms with Crippen molar-refractivity contribution in [3.8, 4) is 5.75 Å². The van der Waals surface area contributed by atoms with Gasteiger partial charge in [-0.3, -0.25) is 4.84 Å². The van der Waals surface area contributed by atoms with Gasteiger partial charge in [0.1, 0.15) is 5.75 Å². The number of hydrogen-bond acceptors (Lipinski definition) is 3. The van der Waals surface area contributed by atoms with Gasteiger partial charge in [-0.1, -0.05) is 6.07 Å². The Balaban J connectivity index is 1.97. The number of benzene rings is 1. The van der Waals surface area contributed by atoms with Gasteiger partial charge in [0.05, 0.1) is 17.7 Å². The molecule has 4 heteroatoms. The molecule has 1 fully saturated rings. The van der Waals surface area contributed by atoms with Crippen LogP contribution in [0.5, 0.6) is 5.75 Å². The van der Waals surface area contributed by atoms with Crippen LogP contribution < -0.4 is 10.6 Å². The van der Waals surface area contributed by atoms with E-state index in [0.29, 0.717) is 6.61 Å². The van der Waals surface area contributed by atoms with Gasteiger partial charge >= 0.3 is 0 Å². The van der Waals surface area contributed by atoms with Gasteiger partial charge in [-0.05, 0) is 52.4 Å². The first-order valence-electron chi connectivity index (χ1n) is 5.02. The van der Waals surface area contributed by atoms with Crippen molar-refractivity contribution in [1.29, 1.82) is 0 Å². The number of rotatable bonds is 5. The van der Waals surface area contributed by atoms with Gasteiger partial charge in [0, 0.05) is 0 Å². The third-order valence-corrected chi connectivity index (χ3v) is 3.04. The largest absolute Gasteiger partial charge is 0.492 e. The third kappa shape index (κ3) is 3.19. The van der Waals surface area contributed by atoms with Gasteiger partial charge < -0.3 is 4.74 Å². The minimum absolute atomic E-state index is 0.418. The molecule has 15 heavy (non-hydrogen) atoms. The van der Waals surface area contributed by atoms with Gasteiger partial charge in [0.15, 0.2) is 0 Å². The van der Waals surface area contributed by atoms with Gasteiger partial charge in [-0.2, -0.15) is 0 Å². The summed E-state index contributed by atoms with van der Waals surface area (Å²) in [5, 5.41) is 0. The molecule has 0 aromatic heterocycles. The highest BCUT2D eigenvalue weighted by Gasteiger charge is 2.22. The average molecular weight is 272 g/mol. The first-order valence-corrected chi connectivity index (χ1v) is 5.82. The summed E-state index contributed by atoms with van der Waals surface area (Å²) in [4.78, 5) is 4.57. The average Bonchev–Trinajstić information content (AvgIpc) is 3.01. The summed E-state index contributed by atoms with van der Waals surface area (Å²) in [6, 6.07) is 5.87. The Labute approximate surface area is 97.6 Å². The quantitative estimate of drug-likeness (QED) is 0.838. The Hall–Kier alpha value is -0.580. The van der Waals surface area contributed by atoms with Crippen molar-refractivity contribution in [2.45, 2.75) is 19.4 Å². The standard InChI is InChI=1S/C11H14BrNO2/c12-10-5-9(7-15-13)3-4-11(10)14-6-8-1-2-8/h3-5,8H,1-2,6-7,13H2. The van der Waals surface area contributed by atoms with Crippen molar-refractivity contribution in [2.75, 3.05) is 6.61 Å². The Morgan fingerprint density at radius 1 is 1.40 bits per heavy atom.